The lowest BCUT2D eigenvalue weighted by Gasteiger charge is -2.27. The van der Waals surface area contributed by atoms with Gasteiger partial charge in [0.2, 0.25) is 5.91 Å². The van der Waals surface area contributed by atoms with Crippen LogP contribution < -0.4 is 10.2 Å². The molecule has 0 atom stereocenters. The van der Waals surface area contributed by atoms with E-state index in [1.54, 1.807) is 0 Å². The van der Waals surface area contributed by atoms with Crippen molar-refractivity contribution < 1.29 is 4.79 Å². The van der Waals surface area contributed by atoms with Crippen LogP contribution in [0.3, 0.4) is 0 Å². The second-order valence-corrected chi connectivity index (χ2v) is 3.06. The molecule has 0 bridgehead atoms. The van der Waals surface area contributed by atoms with Crippen LogP contribution in [-0.4, -0.2) is 25.5 Å². The van der Waals surface area contributed by atoms with Crippen molar-refractivity contribution in [2.45, 2.75) is 0 Å². The van der Waals surface area contributed by atoms with Gasteiger partial charge in [0.1, 0.15) is 0 Å². The van der Waals surface area contributed by atoms with Gasteiger partial charge in [0.25, 0.3) is 0 Å². The van der Waals surface area contributed by atoms with Gasteiger partial charge in [-0.1, -0.05) is 18.2 Å². The van der Waals surface area contributed by atoms with Crippen molar-refractivity contribution >= 4 is 24.0 Å². The summed E-state index contributed by atoms with van der Waals surface area (Å²) in [6.45, 7) is 2.10. The lowest BCUT2D eigenvalue weighted by Crippen LogP contribution is -2.48. The second kappa shape index (κ2) is 4.98. The van der Waals surface area contributed by atoms with Crippen molar-refractivity contribution in [1.82, 2.24) is 5.32 Å². The first-order valence-corrected chi connectivity index (χ1v) is 4.44. The van der Waals surface area contributed by atoms with Crippen LogP contribution in [0.1, 0.15) is 0 Å². The summed E-state index contributed by atoms with van der Waals surface area (Å²) in [6.07, 6.45) is 0. The summed E-state index contributed by atoms with van der Waals surface area (Å²) in [7, 11) is 0. The van der Waals surface area contributed by atoms with Gasteiger partial charge >= 0.3 is 0 Å². The van der Waals surface area contributed by atoms with E-state index in [9.17, 15) is 4.79 Å². The van der Waals surface area contributed by atoms with Gasteiger partial charge in [0.05, 0.1) is 6.54 Å². The van der Waals surface area contributed by atoms with Gasteiger partial charge in [-0.25, -0.2) is 0 Å². The molecule has 0 aromatic heterocycles. The van der Waals surface area contributed by atoms with E-state index in [1.807, 2.05) is 35.2 Å². The number of nitrogens with zero attached hydrogens (tertiary/aromatic N) is 1. The molecule has 0 aliphatic carbocycles. The fourth-order valence-electron chi connectivity index (χ4n) is 1.49. The molecule has 0 saturated carbocycles. The average molecular weight is 213 g/mol. The summed E-state index contributed by atoms with van der Waals surface area (Å²) < 4.78 is 0. The van der Waals surface area contributed by atoms with Crippen LogP contribution >= 0.6 is 12.4 Å². The first-order chi connectivity index (χ1) is 6.38. The summed E-state index contributed by atoms with van der Waals surface area (Å²) in [5, 5.41) is 3.04. The standard InChI is InChI=1S/C10H12N2O.ClH/c13-10-8-11-6-7-12(10)9-4-2-1-3-5-9;/h1-5,11H,6-8H2;1H. The molecule has 1 amide bonds. The molecule has 1 heterocycles. The Hall–Kier alpha value is -1.06. The number of hydrogen-bond acceptors (Lipinski definition) is 2. The third-order valence-electron chi connectivity index (χ3n) is 2.16. The monoisotopic (exact) mass is 212 g/mol. The van der Waals surface area contributed by atoms with E-state index in [0.717, 1.165) is 18.8 Å². The second-order valence-electron chi connectivity index (χ2n) is 3.06. The number of carbonyl (C=O) groups is 1. The fraction of sp³-hybridized carbons (Fsp3) is 0.300. The predicted octanol–water partition coefficient (Wildman–Crippen LogP) is 1.04. The zero-order valence-electron chi connectivity index (χ0n) is 7.77. The molecule has 1 aromatic rings. The van der Waals surface area contributed by atoms with Crippen molar-refractivity contribution in [1.29, 1.82) is 0 Å². The topological polar surface area (TPSA) is 32.3 Å². The number of halogens is 1. The lowest BCUT2D eigenvalue weighted by molar-refractivity contribution is -0.118. The highest BCUT2D eigenvalue weighted by atomic mass is 35.5. The van der Waals surface area contributed by atoms with Gasteiger partial charge in [-0.05, 0) is 12.1 Å². The number of anilines is 1. The molecule has 4 heteroatoms. The molecule has 1 N–H and O–H groups in total. The van der Waals surface area contributed by atoms with Crippen molar-refractivity contribution in [2.75, 3.05) is 24.5 Å². The maximum Gasteiger partial charge on any atom is 0.240 e. The van der Waals surface area contributed by atoms with E-state index in [0.29, 0.717) is 6.54 Å². The predicted molar refractivity (Wildman–Crippen MR) is 58.9 cm³/mol. The summed E-state index contributed by atoms with van der Waals surface area (Å²) in [5.41, 5.74) is 0.994. The maximum atomic E-state index is 11.5. The minimum atomic E-state index is 0. The van der Waals surface area contributed by atoms with E-state index in [2.05, 4.69) is 5.32 Å². The van der Waals surface area contributed by atoms with Crippen molar-refractivity contribution in [3.63, 3.8) is 0 Å². The average Bonchev–Trinajstić information content (AvgIpc) is 2.20. The van der Waals surface area contributed by atoms with Crippen molar-refractivity contribution in [2.24, 2.45) is 0 Å². The molecule has 0 spiro atoms. The Morgan fingerprint density at radius 3 is 2.57 bits per heavy atom. The molecule has 1 aromatic carbocycles. The van der Waals surface area contributed by atoms with Crippen LogP contribution in [0.4, 0.5) is 5.69 Å². The number of piperazine rings is 1. The summed E-state index contributed by atoms with van der Waals surface area (Å²) >= 11 is 0. The molecule has 76 valence electrons. The van der Waals surface area contributed by atoms with E-state index >= 15 is 0 Å². The van der Waals surface area contributed by atoms with E-state index in [1.165, 1.54) is 0 Å². The normalized spacial score (nSPS) is 16.3. The zero-order valence-corrected chi connectivity index (χ0v) is 8.59. The number of benzene rings is 1. The highest BCUT2D eigenvalue weighted by molar-refractivity contribution is 5.95. The number of rotatable bonds is 1. The number of hydrogen-bond donors (Lipinski definition) is 1. The Labute approximate surface area is 89.5 Å². The van der Waals surface area contributed by atoms with Gasteiger partial charge in [-0.15, -0.1) is 12.4 Å². The largest absolute Gasteiger partial charge is 0.310 e. The highest BCUT2D eigenvalue weighted by Gasteiger charge is 2.18. The molecule has 1 fully saturated rings. The molecule has 1 aliphatic heterocycles. The fourth-order valence-corrected chi connectivity index (χ4v) is 1.49. The van der Waals surface area contributed by atoms with Crippen molar-refractivity contribution in [3.05, 3.63) is 30.3 Å². The molecule has 1 saturated heterocycles. The molecular formula is C10H13ClN2O. The van der Waals surface area contributed by atoms with Gasteiger partial charge in [-0.2, -0.15) is 0 Å². The summed E-state index contributed by atoms with van der Waals surface area (Å²) in [4.78, 5) is 13.3. The van der Waals surface area contributed by atoms with E-state index < -0.39 is 0 Å². The Bertz CT molecular complexity index is 302. The van der Waals surface area contributed by atoms with E-state index in [4.69, 9.17) is 0 Å². The maximum absolute atomic E-state index is 11.5. The van der Waals surface area contributed by atoms with Gasteiger partial charge in [-0.3, -0.25) is 4.79 Å². The Morgan fingerprint density at radius 1 is 1.21 bits per heavy atom. The van der Waals surface area contributed by atoms with Crippen LogP contribution in [0.15, 0.2) is 30.3 Å². The minimum absolute atomic E-state index is 0. The zero-order chi connectivity index (χ0) is 9.10. The van der Waals surface area contributed by atoms with Gasteiger partial charge < -0.3 is 10.2 Å². The molecule has 1 aliphatic rings. The van der Waals surface area contributed by atoms with Gasteiger partial charge in [0.15, 0.2) is 0 Å². The first-order valence-electron chi connectivity index (χ1n) is 4.44. The van der Waals surface area contributed by atoms with E-state index in [-0.39, 0.29) is 18.3 Å². The molecule has 3 nitrogen and oxygen atoms in total. The highest BCUT2D eigenvalue weighted by Crippen LogP contribution is 2.13. The molecule has 2 rings (SSSR count). The Balaban J connectivity index is 0.000000980. The van der Waals surface area contributed by atoms with Crippen LogP contribution in [0, 0.1) is 0 Å². The number of carbonyl (C=O) groups excluding carboxylic acids is 1. The van der Waals surface area contributed by atoms with Gasteiger partial charge in [0, 0.05) is 18.8 Å². The first kappa shape index (κ1) is 11.0. The Kier molecular flexibility index (Phi) is 3.92. The van der Waals surface area contributed by atoms with Crippen LogP contribution in [0.5, 0.6) is 0 Å². The third-order valence-corrected chi connectivity index (χ3v) is 2.16. The molecule has 0 radical (unpaired) electrons. The number of amides is 1. The SMILES string of the molecule is Cl.O=C1CNCCN1c1ccccc1. The van der Waals surface area contributed by atoms with Crippen LogP contribution in [-0.2, 0) is 4.79 Å². The quantitative estimate of drug-likeness (QED) is 0.755. The van der Waals surface area contributed by atoms with Crippen LogP contribution in [0.2, 0.25) is 0 Å². The minimum Gasteiger partial charge on any atom is -0.310 e. The molecular weight excluding hydrogens is 200 g/mol. The third kappa shape index (κ3) is 2.25. The smallest absolute Gasteiger partial charge is 0.240 e. The number of para-hydroxylation sites is 1. The Morgan fingerprint density at radius 2 is 1.93 bits per heavy atom. The van der Waals surface area contributed by atoms with Crippen LogP contribution in [0.25, 0.3) is 0 Å². The lowest BCUT2D eigenvalue weighted by atomic mass is 10.2. The summed E-state index contributed by atoms with van der Waals surface area (Å²) in [5.74, 6) is 0.150. The summed E-state index contributed by atoms with van der Waals surface area (Å²) in [6, 6.07) is 9.78. The molecule has 0 unspecified atom stereocenters. The van der Waals surface area contributed by atoms with Crippen molar-refractivity contribution in [3.8, 4) is 0 Å². The molecule has 14 heavy (non-hydrogen) atoms. The number of nitrogens with one attached hydrogen (secondary N) is 1.